The van der Waals surface area contributed by atoms with E-state index in [4.69, 9.17) is 5.73 Å². The Balaban J connectivity index is 1.34. The Morgan fingerprint density at radius 3 is 1.08 bits per heavy atom. The van der Waals surface area contributed by atoms with E-state index in [2.05, 4.69) is 47.9 Å². The number of hydrogen-bond acceptors (Lipinski definition) is 14. The van der Waals surface area contributed by atoms with Gasteiger partial charge in [0.05, 0.1) is 6.42 Å². The molecule has 0 saturated carbocycles. The lowest BCUT2D eigenvalue weighted by Gasteiger charge is -2.32. The van der Waals surface area contributed by atoms with Crippen molar-refractivity contribution < 1.29 is 72.9 Å². The molecule has 2 saturated heterocycles. The first-order valence-electron chi connectivity index (χ1n) is 32.5. The van der Waals surface area contributed by atoms with Crippen LogP contribution in [0.2, 0.25) is 0 Å². The maximum absolute atomic E-state index is 15.2. The van der Waals surface area contributed by atoms with Gasteiger partial charge < -0.3 is 73.8 Å². The number of primary amides is 1. The second-order valence-electron chi connectivity index (χ2n) is 25.4. The van der Waals surface area contributed by atoms with Crippen LogP contribution >= 0.6 is 0 Å². The maximum Gasteiger partial charge on any atom is 0.305 e. The number of benzene rings is 5. The third kappa shape index (κ3) is 23.1. The fourth-order valence-electron chi connectivity index (χ4n) is 11.6. The number of amides is 11. The van der Waals surface area contributed by atoms with Crippen LogP contribution in [0.4, 0.5) is 0 Å². The zero-order valence-electron chi connectivity index (χ0n) is 54.7. The molecule has 5 aromatic rings. The van der Waals surface area contributed by atoms with Crippen molar-refractivity contribution in [1.29, 1.82) is 0 Å². The van der Waals surface area contributed by atoms with Crippen molar-refractivity contribution in [3.63, 3.8) is 0 Å². The Labute approximate surface area is 562 Å². The monoisotopic (exact) mass is 1330 g/mol. The summed E-state index contributed by atoms with van der Waals surface area (Å²) in [5.41, 5.74) is 8.03. The van der Waals surface area contributed by atoms with Gasteiger partial charge in [-0.25, -0.2) is 0 Å². The van der Waals surface area contributed by atoms with Gasteiger partial charge in [-0.15, -0.1) is 0 Å². The standard InChI is InChI=1S/C71H87N11O15/c1-41(2)33-51-63(89)74-52(34-42(3)4)64(90)81-58(39-45-19-12-7-13-20-45)71(97)82-32-14-21-59(82)70(96)80-56(36-44-17-10-6-11-18-44)68(94)77-53(35-43-15-8-5-9-16-43)67(93)79-57(40-61(86)87)69(95)73-50(30-31-60(72)85)62(88)76-54(37-46-22-26-48(83)27-23-46)66(92)78-55(65(91)75-51)38-47-24-28-49(84)29-25-47/h5-13,15-20,22-29,41-42,50-59,83-84H,14,21,30-40H2,1-4H3,(H2,72,85)(H,73,95)(H,74,89)(H,75,91)(H,76,88)(H,77,94)(H,78,92)(H,79,93)(H,80,96)(H,81,90)(H,86,87)/t50-,51-,52-,53+,54-,55-,56-,57-,58+,59-/m0/s1. The first kappa shape index (κ1) is 73.7. The van der Waals surface area contributed by atoms with Crippen molar-refractivity contribution in [3.8, 4) is 11.5 Å². The van der Waals surface area contributed by atoms with Crippen LogP contribution in [0.1, 0.15) is 100 Å². The van der Waals surface area contributed by atoms with Crippen molar-refractivity contribution in [2.24, 2.45) is 17.6 Å². The van der Waals surface area contributed by atoms with E-state index in [0.717, 1.165) is 0 Å². The van der Waals surface area contributed by atoms with E-state index in [1.165, 1.54) is 53.4 Å². The number of nitrogens with one attached hydrogen (secondary N) is 9. The summed E-state index contributed by atoms with van der Waals surface area (Å²) in [6.07, 6.45) is -2.77. The minimum absolute atomic E-state index is 0.00190. The molecular weight excluding hydrogens is 1250 g/mol. The predicted molar refractivity (Wildman–Crippen MR) is 356 cm³/mol. The molecule has 26 heteroatoms. The van der Waals surface area contributed by atoms with Crippen LogP contribution in [-0.4, -0.2) is 158 Å². The highest BCUT2D eigenvalue weighted by molar-refractivity contribution is 6.00. The van der Waals surface area contributed by atoms with E-state index < -0.39 is 151 Å². The smallest absolute Gasteiger partial charge is 0.305 e. The molecule has 0 radical (unpaired) electrons. The molecule has 0 bridgehead atoms. The van der Waals surface area contributed by atoms with Crippen molar-refractivity contribution in [2.45, 2.75) is 165 Å². The zero-order chi connectivity index (χ0) is 70.3. The lowest BCUT2D eigenvalue weighted by Crippen LogP contribution is -2.62. The molecule has 11 amide bonds. The van der Waals surface area contributed by atoms with E-state index >= 15 is 4.79 Å². The third-order valence-electron chi connectivity index (χ3n) is 16.6. The van der Waals surface area contributed by atoms with Gasteiger partial charge in [-0.2, -0.15) is 0 Å². The number of carboxylic acid groups (broad SMARTS) is 1. The number of carboxylic acids is 1. The molecule has 26 nitrogen and oxygen atoms in total. The molecule has 0 unspecified atom stereocenters. The van der Waals surface area contributed by atoms with Crippen LogP contribution in [0, 0.1) is 11.8 Å². The molecular formula is C71H87N11O15. The molecule has 2 fully saturated rings. The zero-order valence-corrected chi connectivity index (χ0v) is 54.7. The van der Waals surface area contributed by atoms with Crippen molar-refractivity contribution in [3.05, 3.63) is 167 Å². The average Bonchev–Trinajstić information content (AvgIpc) is 1.79. The number of phenols is 2. The Morgan fingerprint density at radius 2 is 0.711 bits per heavy atom. The first-order valence-corrected chi connectivity index (χ1v) is 32.5. The van der Waals surface area contributed by atoms with Crippen LogP contribution in [0.25, 0.3) is 0 Å². The summed E-state index contributed by atoms with van der Waals surface area (Å²) in [7, 11) is 0. The first-order chi connectivity index (χ1) is 46.3. The quantitative estimate of drug-likeness (QED) is 0.0561. The van der Waals surface area contributed by atoms with Crippen LogP contribution in [0.5, 0.6) is 11.5 Å². The number of fused-ring (bicyclic) bond motifs is 1. The van der Waals surface area contributed by atoms with Gasteiger partial charge in [0, 0.05) is 45.1 Å². The number of rotatable bonds is 19. The number of nitrogens with zero attached hydrogens (tertiary/aromatic N) is 1. The number of hydrogen-bond donors (Lipinski definition) is 13. The Kier molecular flexibility index (Phi) is 27.2. The minimum atomic E-state index is -2.00. The number of carbonyl (C=O) groups excluding carboxylic acids is 11. The summed E-state index contributed by atoms with van der Waals surface area (Å²) in [6.45, 7) is 7.28. The number of carbonyl (C=O) groups is 12. The van der Waals surface area contributed by atoms with Crippen molar-refractivity contribution in [1.82, 2.24) is 52.8 Å². The molecule has 10 atom stereocenters. The van der Waals surface area contributed by atoms with E-state index in [1.807, 2.05) is 13.8 Å². The number of nitrogens with two attached hydrogens (primary N) is 1. The lowest BCUT2D eigenvalue weighted by atomic mass is 9.98. The van der Waals surface area contributed by atoms with E-state index in [9.17, 15) is 68.1 Å². The van der Waals surface area contributed by atoms with Crippen molar-refractivity contribution >= 4 is 70.9 Å². The van der Waals surface area contributed by atoms with Gasteiger partial charge in [0.25, 0.3) is 0 Å². The molecule has 0 spiro atoms. The third-order valence-corrected chi connectivity index (χ3v) is 16.6. The van der Waals surface area contributed by atoms with Gasteiger partial charge in [-0.1, -0.05) is 143 Å². The molecule has 516 valence electrons. The highest BCUT2D eigenvalue weighted by atomic mass is 16.4. The van der Waals surface area contributed by atoms with E-state index in [1.54, 1.807) is 105 Å². The Bertz CT molecular complexity index is 3560. The SMILES string of the molecule is CC(C)C[C@@H]1NC(=O)[C@H](Cc2ccc(O)cc2)NC(=O)[C@H](Cc2ccc(O)cc2)NC(=O)[C@H](CCC(N)=O)NC(=O)[C@H](CC(=O)O)NC(=O)[C@@H](Cc2ccccc2)NC(=O)[C@H](Cc2ccccc2)NC(=O)[C@@H]2CCCN2C(=O)[C@@H](Cc2ccccc2)NC(=O)[C@H](CC(C)C)NC1=O. The molecule has 2 aliphatic heterocycles. The van der Waals surface area contributed by atoms with Gasteiger partial charge in [0.15, 0.2) is 0 Å². The lowest BCUT2D eigenvalue weighted by molar-refractivity contribution is -0.143. The summed E-state index contributed by atoms with van der Waals surface area (Å²) in [5, 5.41) is 54.8. The second-order valence-corrected chi connectivity index (χ2v) is 25.4. The number of phenolic OH excluding ortho intramolecular Hbond substituents is 2. The van der Waals surface area contributed by atoms with Gasteiger partial charge >= 0.3 is 5.97 Å². The summed E-state index contributed by atoms with van der Waals surface area (Å²) >= 11 is 0. The molecule has 2 aliphatic rings. The minimum Gasteiger partial charge on any atom is -0.508 e. The van der Waals surface area contributed by atoms with Gasteiger partial charge in [-0.05, 0) is 96.0 Å². The number of aliphatic carboxylic acids is 1. The fourth-order valence-corrected chi connectivity index (χ4v) is 11.6. The molecule has 2 heterocycles. The second kappa shape index (κ2) is 35.7. The summed E-state index contributed by atoms with van der Waals surface area (Å²) in [5.74, 6) is -12.5. The van der Waals surface area contributed by atoms with Crippen LogP contribution in [0.3, 0.4) is 0 Å². The summed E-state index contributed by atoms with van der Waals surface area (Å²) < 4.78 is 0. The normalized spacial score (nSPS) is 23.3. The average molecular weight is 1330 g/mol. The molecule has 5 aromatic carbocycles. The van der Waals surface area contributed by atoms with Crippen LogP contribution in [0.15, 0.2) is 140 Å². The molecule has 0 aromatic heterocycles. The molecule has 0 aliphatic carbocycles. The largest absolute Gasteiger partial charge is 0.508 e. The maximum atomic E-state index is 15.2. The Hall–Kier alpha value is -10.7. The van der Waals surface area contributed by atoms with Crippen molar-refractivity contribution in [2.75, 3.05) is 6.54 Å². The highest BCUT2D eigenvalue weighted by Crippen LogP contribution is 2.23. The van der Waals surface area contributed by atoms with Crippen LogP contribution in [-0.2, 0) is 89.6 Å². The van der Waals surface area contributed by atoms with E-state index in [0.29, 0.717) is 34.2 Å². The van der Waals surface area contributed by atoms with Crippen LogP contribution < -0.4 is 53.6 Å². The highest BCUT2D eigenvalue weighted by Gasteiger charge is 2.42. The number of aromatic hydroxyl groups is 2. The fraction of sp³-hybridized carbons (Fsp3) is 0.408. The summed E-state index contributed by atoms with van der Waals surface area (Å²) in [4.78, 5) is 175. The van der Waals surface area contributed by atoms with Gasteiger partial charge in [0.1, 0.15) is 71.9 Å². The van der Waals surface area contributed by atoms with Gasteiger partial charge in [-0.3, -0.25) is 57.5 Å². The molecule has 14 N–H and O–H groups in total. The topological polar surface area (TPSA) is 403 Å². The molecule has 7 rings (SSSR count). The summed E-state index contributed by atoms with van der Waals surface area (Å²) in [6, 6.07) is 21.7. The molecule has 97 heavy (non-hydrogen) atoms. The van der Waals surface area contributed by atoms with Gasteiger partial charge in [0.2, 0.25) is 65.0 Å². The predicted octanol–water partition coefficient (Wildman–Crippen LogP) is 1.81. The van der Waals surface area contributed by atoms with E-state index in [-0.39, 0.29) is 81.2 Å². The Morgan fingerprint density at radius 1 is 0.412 bits per heavy atom.